The first-order valence-corrected chi connectivity index (χ1v) is 11.1. The number of hydrogen-bond donors (Lipinski definition) is 2. The molecular weight excluding hydrogens is 392 g/mol. The Morgan fingerprint density at radius 1 is 0.968 bits per heavy atom. The molecule has 1 saturated carbocycles. The minimum Gasteiger partial charge on any atom is -0.490 e. The van der Waals surface area contributed by atoms with Crippen molar-refractivity contribution >= 4 is 17.5 Å². The smallest absolute Gasteiger partial charge is 0.251 e. The van der Waals surface area contributed by atoms with Crippen LogP contribution < -0.4 is 20.1 Å². The predicted molar refractivity (Wildman–Crippen MR) is 122 cm³/mol. The molecule has 1 aliphatic carbocycles. The molecule has 166 valence electrons. The second-order valence-electron chi connectivity index (χ2n) is 7.94. The van der Waals surface area contributed by atoms with Gasteiger partial charge in [0.1, 0.15) is 0 Å². The Morgan fingerprint density at radius 2 is 1.61 bits per heavy atom. The molecule has 0 radical (unpaired) electrons. The third-order valence-corrected chi connectivity index (χ3v) is 5.10. The highest BCUT2D eigenvalue weighted by atomic mass is 16.5. The SMILES string of the molecule is CCCOc1ccc(C(C)NC(=O)c2ccc(NC(=O)C3CC3)cc2)cc1OCCC. The minimum absolute atomic E-state index is 0.0540. The number of carbonyl (C=O) groups is 2. The van der Waals surface area contributed by atoms with Gasteiger partial charge in [0, 0.05) is 17.2 Å². The highest BCUT2D eigenvalue weighted by Gasteiger charge is 2.29. The summed E-state index contributed by atoms with van der Waals surface area (Å²) >= 11 is 0. The van der Waals surface area contributed by atoms with Gasteiger partial charge in [0.2, 0.25) is 5.91 Å². The summed E-state index contributed by atoms with van der Waals surface area (Å²) in [4.78, 5) is 24.6. The van der Waals surface area contributed by atoms with Gasteiger partial charge >= 0.3 is 0 Å². The number of carbonyl (C=O) groups excluding carboxylic acids is 2. The van der Waals surface area contributed by atoms with Crippen LogP contribution in [0, 0.1) is 5.92 Å². The van der Waals surface area contributed by atoms with Crippen LogP contribution in [0.15, 0.2) is 42.5 Å². The fourth-order valence-corrected chi connectivity index (χ4v) is 3.11. The molecule has 1 aliphatic rings. The minimum atomic E-state index is -0.203. The van der Waals surface area contributed by atoms with Crippen LogP contribution in [0.5, 0.6) is 11.5 Å². The van der Waals surface area contributed by atoms with E-state index in [9.17, 15) is 9.59 Å². The molecule has 0 aromatic heterocycles. The number of benzene rings is 2. The number of nitrogens with one attached hydrogen (secondary N) is 2. The Balaban J connectivity index is 1.63. The number of rotatable bonds is 11. The molecule has 1 atom stereocenters. The molecule has 2 N–H and O–H groups in total. The summed E-state index contributed by atoms with van der Waals surface area (Å²) in [6.45, 7) is 7.29. The van der Waals surface area contributed by atoms with Crippen molar-refractivity contribution < 1.29 is 19.1 Å². The Hall–Kier alpha value is -3.02. The van der Waals surface area contributed by atoms with Gasteiger partial charge in [0.05, 0.1) is 19.3 Å². The van der Waals surface area contributed by atoms with E-state index in [4.69, 9.17) is 9.47 Å². The van der Waals surface area contributed by atoms with Crippen LogP contribution >= 0.6 is 0 Å². The van der Waals surface area contributed by atoms with Crippen molar-refractivity contribution in [3.63, 3.8) is 0 Å². The summed E-state index contributed by atoms with van der Waals surface area (Å²) in [6.07, 6.45) is 3.74. The second-order valence-corrected chi connectivity index (χ2v) is 7.94. The van der Waals surface area contributed by atoms with Crippen LogP contribution in [-0.4, -0.2) is 25.0 Å². The average molecular weight is 425 g/mol. The van der Waals surface area contributed by atoms with E-state index in [0.29, 0.717) is 30.2 Å². The lowest BCUT2D eigenvalue weighted by Crippen LogP contribution is -2.26. The normalized spacial score (nSPS) is 13.9. The lowest BCUT2D eigenvalue weighted by molar-refractivity contribution is -0.117. The highest BCUT2D eigenvalue weighted by molar-refractivity contribution is 5.97. The topological polar surface area (TPSA) is 76.7 Å². The third kappa shape index (κ3) is 6.48. The van der Waals surface area contributed by atoms with Crippen LogP contribution in [0.25, 0.3) is 0 Å². The van der Waals surface area contributed by atoms with Crippen LogP contribution in [0.4, 0.5) is 5.69 Å². The summed E-state index contributed by atoms with van der Waals surface area (Å²) in [5.74, 6) is 1.45. The van der Waals surface area contributed by atoms with E-state index in [1.165, 1.54) is 0 Å². The first-order valence-electron chi connectivity index (χ1n) is 11.1. The van der Waals surface area contributed by atoms with Crippen LogP contribution in [0.3, 0.4) is 0 Å². The number of hydrogen-bond acceptors (Lipinski definition) is 4. The van der Waals surface area contributed by atoms with E-state index < -0.39 is 0 Å². The van der Waals surface area contributed by atoms with Crippen LogP contribution in [0.2, 0.25) is 0 Å². The molecule has 0 spiro atoms. The second kappa shape index (κ2) is 10.8. The van der Waals surface area contributed by atoms with Crippen molar-refractivity contribution in [2.45, 2.75) is 52.5 Å². The van der Waals surface area contributed by atoms with Gasteiger partial charge < -0.3 is 20.1 Å². The maximum absolute atomic E-state index is 12.7. The molecule has 0 aliphatic heterocycles. The summed E-state index contributed by atoms with van der Waals surface area (Å²) < 4.78 is 11.6. The predicted octanol–water partition coefficient (Wildman–Crippen LogP) is 5.10. The van der Waals surface area contributed by atoms with Gasteiger partial charge in [0.25, 0.3) is 5.91 Å². The Morgan fingerprint density at radius 3 is 2.23 bits per heavy atom. The molecule has 6 heteroatoms. The summed E-state index contributed by atoms with van der Waals surface area (Å²) in [5.41, 5.74) is 2.19. The van der Waals surface area contributed by atoms with E-state index in [1.807, 2.05) is 25.1 Å². The van der Waals surface area contributed by atoms with Crippen LogP contribution in [0.1, 0.15) is 68.4 Å². The van der Waals surface area contributed by atoms with Crippen molar-refractivity contribution in [3.05, 3.63) is 53.6 Å². The Kier molecular flexibility index (Phi) is 7.93. The molecule has 1 fully saturated rings. The van der Waals surface area contributed by atoms with Crippen molar-refractivity contribution in [1.29, 1.82) is 0 Å². The monoisotopic (exact) mass is 424 g/mol. The molecule has 3 rings (SSSR count). The molecule has 0 heterocycles. The first-order chi connectivity index (χ1) is 15.0. The van der Waals surface area contributed by atoms with E-state index in [2.05, 4.69) is 24.5 Å². The third-order valence-electron chi connectivity index (χ3n) is 5.10. The van der Waals surface area contributed by atoms with Gasteiger partial charge in [-0.1, -0.05) is 19.9 Å². The standard InChI is InChI=1S/C25H32N2O4/c1-4-14-30-22-13-10-20(16-23(22)31-15-5-2)17(3)26-24(28)19-8-11-21(12-9-19)27-25(29)18-6-7-18/h8-13,16-18H,4-7,14-15H2,1-3H3,(H,26,28)(H,27,29). The van der Waals surface area contributed by atoms with Crippen LogP contribution in [-0.2, 0) is 4.79 Å². The first kappa shape index (κ1) is 22.7. The fourth-order valence-electron chi connectivity index (χ4n) is 3.11. The molecule has 1 unspecified atom stereocenters. The van der Waals surface area contributed by atoms with E-state index in [-0.39, 0.29) is 23.8 Å². The van der Waals surface area contributed by atoms with Crippen molar-refractivity contribution in [1.82, 2.24) is 5.32 Å². The zero-order chi connectivity index (χ0) is 22.2. The van der Waals surface area contributed by atoms with Gasteiger partial charge in [-0.2, -0.15) is 0 Å². The molecule has 2 aromatic carbocycles. The average Bonchev–Trinajstić information content (AvgIpc) is 3.62. The Labute approximate surface area is 184 Å². The lowest BCUT2D eigenvalue weighted by Gasteiger charge is -2.18. The largest absolute Gasteiger partial charge is 0.490 e. The summed E-state index contributed by atoms with van der Waals surface area (Å²) in [7, 11) is 0. The fraction of sp³-hybridized carbons (Fsp3) is 0.440. The number of ether oxygens (including phenoxy) is 2. The van der Waals surface area contributed by atoms with Gasteiger partial charge in [-0.05, 0) is 74.6 Å². The molecule has 2 aromatic rings. The zero-order valence-corrected chi connectivity index (χ0v) is 18.6. The van der Waals surface area contributed by atoms with Gasteiger partial charge in [-0.3, -0.25) is 9.59 Å². The van der Waals surface area contributed by atoms with E-state index >= 15 is 0 Å². The van der Waals surface area contributed by atoms with Crippen molar-refractivity contribution in [3.8, 4) is 11.5 Å². The van der Waals surface area contributed by atoms with E-state index in [0.717, 1.165) is 37.0 Å². The van der Waals surface area contributed by atoms with Crippen molar-refractivity contribution in [2.24, 2.45) is 5.92 Å². The maximum atomic E-state index is 12.7. The summed E-state index contributed by atoms with van der Waals surface area (Å²) in [5, 5.41) is 5.91. The molecule has 0 bridgehead atoms. The molecule has 6 nitrogen and oxygen atoms in total. The van der Waals surface area contributed by atoms with Crippen molar-refractivity contribution in [2.75, 3.05) is 18.5 Å². The quantitative estimate of drug-likeness (QED) is 0.526. The molecule has 31 heavy (non-hydrogen) atoms. The highest BCUT2D eigenvalue weighted by Crippen LogP contribution is 2.31. The van der Waals surface area contributed by atoms with E-state index in [1.54, 1.807) is 24.3 Å². The molecule has 0 saturated heterocycles. The lowest BCUT2D eigenvalue weighted by atomic mass is 10.1. The number of amides is 2. The zero-order valence-electron chi connectivity index (χ0n) is 18.6. The molecule has 2 amide bonds. The molecular formula is C25H32N2O4. The van der Waals surface area contributed by atoms with Gasteiger partial charge in [0.15, 0.2) is 11.5 Å². The maximum Gasteiger partial charge on any atom is 0.251 e. The van der Waals surface area contributed by atoms with Gasteiger partial charge in [-0.15, -0.1) is 0 Å². The van der Waals surface area contributed by atoms with Gasteiger partial charge in [-0.25, -0.2) is 0 Å². The Bertz CT molecular complexity index is 891. The summed E-state index contributed by atoms with van der Waals surface area (Å²) in [6, 6.07) is 12.5. The number of anilines is 1.